The predicted octanol–water partition coefficient (Wildman–Crippen LogP) is -0.316. The monoisotopic (exact) mass is 251 g/mol. The highest BCUT2D eigenvalue weighted by Gasteiger charge is 2.32. The van der Waals surface area contributed by atoms with Crippen LogP contribution < -0.4 is 4.72 Å². The van der Waals surface area contributed by atoms with Gasteiger partial charge in [0, 0.05) is 6.61 Å². The number of aliphatic hydroxyl groups excluding tert-OH is 1. The minimum absolute atomic E-state index is 0.110. The summed E-state index contributed by atoms with van der Waals surface area (Å²) in [5.41, 5.74) is 0. The largest absolute Gasteiger partial charge is 0.480 e. The van der Waals surface area contributed by atoms with E-state index in [1.54, 1.807) is 0 Å². The number of aliphatic hydroxyl groups is 1. The van der Waals surface area contributed by atoms with Gasteiger partial charge in [-0.2, -0.15) is 0 Å². The quantitative estimate of drug-likeness (QED) is 0.600. The van der Waals surface area contributed by atoms with E-state index in [-0.39, 0.29) is 13.0 Å². The molecule has 7 heteroatoms. The molecule has 1 fully saturated rings. The summed E-state index contributed by atoms with van der Waals surface area (Å²) in [6.07, 6.45) is 2.79. The molecule has 1 unspecified atom stereocenters. The Kier molecular flexibility index (Phi) is 4.69. The Labute approximate surface area is 94.7 Å². The molecule has 0 bridgehead atoms. The molecule has 0 radical (unpaired) electrons. The molecule has 0 aromatic rings. The number of hydrogen-bond donors (Lipinski definition) is 3. The van der Waals surface area contributed by atoms with Crippen LogP contribution in [0.1, 0.15) is 32.1 Å². The van der Waals surface area contributed by atoms with Gasteiger partial charge >= 0.3 is 5.97 Å². The van der Waals surface area contributed by atoms with Gasteiger partial charge in [-0.15, -0.1) is 0 Å². The minimum atomic E-state index is -3.57. The van der Waals surface area contributed by atoms with E-state index in [9.17, 15) is 13.2 Å². The Morgan fingerprint density at radius 1 is 1.38 bits per heavy atom. The number of hydrogen-bond acceptors (Lipinski definition) is 4. The van der Waals surface area contributed by atoms with E-state index in [1.807, 2.05) is 0 Å². The molecule has 0 aliphatic heterocycles. The molecule has 1 saturated carbocycles. The first-order valence-corrected chi connectivity index (χ1v) is 6.87. The third-order valence-corrected chi connectivity index (χ3v) is 4.73. The Bertz CT molecular complexity index is 334. The summed E-state index contributed by atoms with van der Waals surface area (Å²) in [6, 6.07) is -1.23. The highest BCUT2D eigenvalue weighted by atomic mass is 32.2. The normalized spacial score (nSPS) is 19.8. The molecule has 94 valence electrons. The zero-order valence-corrected chi connectivity index (χ0v) is 9.74. The van der Waals surface area contributed by atoms with Gasteiger partial charge in [0.15, 0.2) is 0 Å². The van der Waals surface area contributed by atoms with Crippen LogP contribution in [0.3, 0.4) is 0 Å². The third kappa shape index (κ3) is 3.43. The molecule has 16 heavy (non-hydrogen) atoms. The first kappa shape index (κ1) is 13.4. The maximum atomic E-state index is 11.8. The van der Waals surface area contributed by atoms with Crippen molar-refractivity contribution in [2.45, 2.75) is 43.4 Å². The van der Waals surface area contributed by atoms with Gasteiger partial charge in [-0.1, -0.05) is 12.8 Å². The number of rotatable bonds is 6. The maximum absolute atomic E-state index is 11.8. The average Bonchev–Trinajstić information content (AvgIpc) is 2.69. The fraction of sp³-hybridized carbons (Fsp3) is 0.889. The van der Waals surface area contributed by atoms with Crippen molar-refractivity contribution in [3.8, 4) is 0 Å². The molecule has 0 aromatic heterocycles. The van der Waals surface area contributed by atoms with Gasteiger partial charge in [0.25, 0.3) is 0 Å². The SMILES string of the molecule is O=C(O)C(CCO)NS(=O)(=O)C1CCCC1. The summed E-state index contributed by atoms with van der Waals surface area (Å²) in [4.78, 5) is 10.7. The van der Waals surface area contributed by atoms with Crippen molar-refractivity contribution in [3.63, 3.8) is 0 Å². The first-order chi connectivity index (χ1) is 7.47. The van der Waals surface area contributed by atoms with E-state index in [1.165, 1.54) is 0 Å². The zero-order chi connectivity index (χ0) is 12.2. The van der Waals surface area contributed by atoms with Crippen LogP contribution in [0.2, 0.25) is 0 Å². The second-order valence-electron chi connectivity index (χ2n) is 3.97. The second-order valence-corrected chi connectivity index (χ2v) is 5.96. The number of carboxylic acid groups (broad SMARTS) is 1. The van der Waals surface area contributed by atoms with Crippen LogP contribution >= 0.6 is 0 Å². The van der Waals surface area contributed by atoms with Crippen LogP contribution in [0.25, 0.3) is 0 Å². The van der Waals surface area contributed by atoms with Gasteiger partial charge in [-0.05, 0) is 19.3 Å². The molecule has 1 atom stereocenters. The lowest BCUT2D eigenvalue weighted by atomic mass is 10.2. The molecule has 1 rings (SSSR count). The summed E-state index contributed by atoms with van der Waals surface area (Å²) in [6.45, 7) is -0.357. The lowest BCUT2D eigenvalue weighted by Crippen LogP contribution is -2.44. The van der Waals surface area contributed by atoms with E-state index >= 15 is 0 Å². The lowest BCUT2D eigenvalue weighted by molar-refractivity contribution is -0.139. The third-order valence-electron chi connectivity index (χ3n) is 2.76. The highest BCUT2D eigenvalue weighted by Crippen LogP contribution is 2.24. The number of nitrogens with one attached hydrogen (secondary N) is 1. The summed E-state index contributed by atoms with van der Waals surface area (Å²) in [7, 11) is -3.57. The van der Waals surface area contributed by atoms with Crippen molar-refractivity contribution in [2.75, 3.05) is 6.61 Å². The van der Waals surface area contributed by atoms with Crippen LogP contribution in [-0.4, -0.2) is 42.5 Å². The van der Waals surface area contributed by atoms with E-state index in [0.717, 1.165) is 12.8 Å². The Morgan fingerprint density at radius 3 is 2.38 bits per heavy atom. The predicted molar refractivity (Wildman–Crippen MR) is 57.4 cm³/mol. The number of carboxylic acids is 1. The molecular formula is C9H17NO5S. The van der Waals surface area contributed by atoms with Crippen molar-refractivity contribution >= 4 is 16.0 Å². The maximum Gasteiger partial charge on any atom is 0.321 e. The van der Waals surface area contributed by atoms with Crippen LogP contribution in [0, 0.1) is 0 Å². The van der Waals surface area contributed by atoms with E-state index in [0.29, 0.717) is 12.8 Å². The van der Waals surface area contributed by atoms with Crippen molar-refractivity contribution in [1.82, 2.24) is 4.72 Å². The first-order valence-electron chi connectivity index (χ1n) is 5.32. The minimum Gasteiger partial charge on any atom is -0.480 e. The van der Waals surface area contributed by atoms with Gasteiger partial charge in [0.05, 0.1) is 5.25 Å². The molecule has 0 spiro atoms. The molecule has 0 saturated heterocycles. The molecule has 6 nitrogen and oxygen atoms in total. The Morgan fingerprint density at radius 2 is 1.94 bits per heavy atom. The van der Waals surface area contributed by atoms with Gasteiger partial charge in [-0.3, -0.25) is 4.79 Å². The molecule has 0 amide bonds. The van der Waals surface area contributed by atoms with Gasteiger partial charge < -0.3 is 10.2 Å². The van der Waals surface area contributed by atoms with Crippen molar-refractivity contribution in [2.24, 2.45) is 0 Å². The zero-order valence-electron chi connectivity index (χ0n) is 8.92. The second kappa shape index (κ2) is 5.60. The standard InChI is InChI=1S/C9H17NO5S/c11-6-5-8(9(12)13)10-16(14,15)7-3-1-2-4-7/h7-8,10-11H,1-6H2,(H,12,13). The smallest absolute Gasteiger partial charge is 0.321 e. The number of aliphatic carboxylic acids is 1. The summed E-state index contributed by atoms with van der Waals surface area (Å²) in [5.74, 6) is -1.25. The fourth-order valence-electron chi connectivity index (χ4n) is 1.86. The highest BCUT2D eigenvalue weighted by molar-refractivity contribution is 7.90. The van der Waals surface area contributed by atoms with Crippen molar-refractivity contribution in [3.05, 3.63) is 0 Å². The molecule has 0 aromatic carbocycles. The molecule has 1 aliphatic rings. The molecular weight excluding hydrogens is 234 g/mol. The topological polar surface area (TPSA) is 104 Å². The average molecular weight is 251 g/mol. The molecule has 3 N–H and O–H groups in total. The van der Waals surface area contributed by atoms with E-state index in [2.05, 4.69) is 4.72 Å². The summed E-state index contributed by atoms with van der Waals surface area (Å²) >= 11 is 0. The molecule has 1 aliphatic carbocycles. The van der Waals surface area contributed by atoms with Gasteiger partial charge in [0.1, 0.15) is 6.04 Å². The summed E-state index contributed by atoms with van der Waals surface area (Å²) < 4.78 is 25.7. The van der Waals surface area contributed by atoms with E-state index in [4.69, 9.17) is 10.2 Å². The summed E-state index contributed by atoms with van der Waals surface area (Å²) in [5, 5.41) is 16.9. The fourth-order valence-corrected chi connectivity index (χ4v) is 3.62. The van der Waals surface area contributed by atoms with Crippen molar-refractivity contribution in [1.29, 1.82) is 0 Å². The molecule has 0 heterocycles. The van der Waals surface area contributed by atoms with E-state index < -0.39 is 27.3 Å². The Hall–Kier alpha value is -0.660. The van der Waals surface area contributed by atoms with Crippen LogP contribution in [0.4, 0.5) is 0 Å². The van der Waals surface area contributed by atoms with Gasteiger partial charge in [-0.25, -0.2) is 13.1 Å². The lowest BCUT2D eigenvalue weighted by Gasteiger charge is -2.17. The number of carbonyl (C=O) groups is 1. The van der Waals surface area contributed by atoms with Crippen molar-refractivity contribution < 1.29 is 23.4 Å². The van der Waals surface area contributed by atoms with Crippen LogP contribution in [0.5, 0.6) is 0 Å². The van der Waals surface area contributed by atoms with Crippen LogP contribution in [-0.2, 0) is 14.8 Å². The van der Waals surface area contributed by atoms with Gasteiger partial charge in [0.2, 0.25) is 10.0 Å². The number of sulfonamides is 1. The van der Waals surface area contributed by atoms with Crippen LogP contribution in [0.15, 0.2) is 0 Å². The Balaban J connectivity index is 2.65.